The number of piperidine rings is 1. The van der Waals surface area contributed by atoms with Gasteiger partial charge in [-0.3, -0.25) is 9.52 Å². The Hall–Kier alpha value is -2.05. The van der Waals surface area contributed by atoms with Gasteiger partial charge >= 0.3 is 0 Å². The lowest BCUT2D eigenvalue weighted by atomic mass is 10.1. The van der Waals surface area contributed by atoms with Crippen LogP contribution >= 0.6 is 11.6 Å². The Bertz CT molecular complexity index is 823. The highest BCUT2D eigenvalue weighted by molar-refractivity contribution is 7.92. The van der Waals surface area contributed by atoms with Gasteiger partial charge in [0.15, 0.2) is 0 Å². The van der Waals surface area contributed by atoms with Gasteiger partial charge in [-0.15, -0.1) is 0 Å². The van der Waals surface area contributed by atoms with E-state index in [2.05, 4.69) is 9.62 Å². The number of halogens is 1. The van der Waals surface area contributed by atoms with Crippen molar-refractivity contribution < 1.29 is 13.2 Å². The Morgan fingerprint density at radius 1 is 0.917 bits per heavy atom. The molecule has 24 heavy (non-hydrogen) atoms. The molecule has 126 valence electrons. The predicted molar refractivity (Wildman–Crippen MR) is 95.2 cm³/mol. The number of nitrogens with zero attached hydrogens (tertiary/aromatic N) is 1. The second-order valence-corrected chi connectivity index (χ2v) is 7.75. The largest absolute Gasteiger partial charge is 0.371 e. The number of carbonyl (C=O) groups is 1. The summed E-state index contributed by atoms with van der Waals surface area (Å²) in [6, 6.07) is 13.2. The van der Waals surface area contributed by atoms with E-state index in [-0.39, 0.29) is 4.90 Å². The molecule has 0 atom stereocenters. The molecule has 2 aromatic rings. The maximum absolute atomic E-state index is 12.3. The molecule has 0 aromatic heterocycles. The van der Waals surface area contributed by atoms with Crippen LogP contribution < -0.4 is 9.62 Å². The molecule has 2 aromatic carbocycles. The molecule has 0 unspecified atom stereocenters. The fraction of sp³-hybridized carbons (Fsp3) is 0.235. The minimum atomic E-state index is -3.64. The molecule has 0 radical (unpaired) electrons. The lowest BCUT2D eigenvalue weighted by Crippen LogP contribution is -2.33. The van der Waals surface area contributed by atoms with E-state index in [1.165, 1.54) is 24.3 Å². The maximum atomic E-state index is 12.3. The normalized spacial score (nSPS) is 15.4. The molecule has 1 N–H and O–H groups in total. The second-order valence-electron chi connectivity index (χ2n) is 5.63. The third-order valence-electron chi connectivity index (χ3n) is 3.93. The molecule has 5 nitrogen and oxygen atoms in total. The van der Waals surface area contributed by atoms with Crippen LogP contribution in [0.1, 0.15) is 12.8 Å². The van der Waals surface area contributed by atoms with Gasteiger partial charge in [-0.05, 0) is 48.5 Å². The molecule has 0 bridgehead atoms. The Morgan fingerprint density at radius 2 is 1.50 bits per heavy atom. The summed E-state index contributed by atoms with van der Waals surface area (Å²) in [6.45, 7) is 1.41. The van der Waals surface area contributed by atoms with Gasteiger partial charge in [-0.2, -0.15) is 0 Å². The average molecular weight is 365 g/mol. The van der Waals surface area contributed by atoms with Crippen molar-refractivity contribution in [2.45, 2.75) is 17.7 Å². The van der Waals surface area contributed by atoms with Crippen molar-refractivity contribution in [1.82, 2.24) is 0 Å². The lowest BCUT2D eigenvalue weighted by molar-refractivity contribution is -0.119. The van der Waals surface area contributed by atoms with Crippen LogP contribution in [0.3, 0.4) is 0 Å². The molecular formula is C17H17ClN2O3S. The molecule has 0 aliphatic carbocycles. The predicted octanol–water partition coefficient (Wildman–Crippen LogP) is 3.31. The van der Waals surface area contributed by atoms with E-state index >= 15 is 0 Å². The second kappa shape index (κ2) is 6.83. The van der Waals surface area contributed by atoms with Gasteiger partial charge in [0.25, 0.3) is 10.0 Å². The number of rotatable bonds is 4. The monoisotopic (exact) mass is 364 g/mol. The summed E-state index contributed by atoms with van der Waals surface area (Å²) < 4.78 is 27.2. The summed E-state index contributed by atoms with van der Waals surface area (Å²) in [4.78, 5) is 13.6. The Morgan fingerprint density at radius 3 is 2.08 bits per heavy atom. The van der Waals surface area contributed by atoms with Gasteiger partial charge in [0.1, 0.15) is 5.78 Å². The summed E-state index contributed by atoms with van der Waals surface area (Å²) in [5.74, 6) is 0.290. The topological polar surface area (TPSA) is 66.5 Å². The van der Waals surface area contributed by atoms with Crippen LogP contribution in [0, 0.1) is 0 Å². The van der Waals surface area contributed by atoms with E-state index in [9.17, 15) is 13.2 Å². The molecule has 0 amide bonds. The zero-order chi connectivity index (χ0) is 17.2. The van der Waals surface area contributed by atoms with Crippen LogP contribution in [0.25, 0.3) is 0 Å². The van der Waals surface area contributed by atoms with Crippen molar-refractivity contribution in [1.29, 1.82) is 0 Å². The molecular weight excluding hydrogens is 348 g/mol. The van der Waals surface area contributed by atoms with E-state index < -0.39 is 10.0 Å². The van der Waals surface area contributed by atoms with Gasteiger partial charge in [0.05, 0.1) is 4.90 Å². The number of ketones is 1. The van der Waals surface area contributed by atoms with Gasteiger partial charge in [0, 0.05) is 42.3 Å². The van der Waals surface area contributed by atoms with Crippen molar-refractivity contribution in [3.05, 3.63) is 53.6 Å². The third-order valence-corrected chi connectivity index (χ3v) is 5.58. The number of benzene rings is 2. The first-order valence-corrected chi connectivity index (χ1v) is 9.45. The van der Waals surface area contributed by atoms with Crippen molar-refractivity contribution in [2.75, 3.05) is 22.7 Å². The average Bonchev–Trinajstić information content (AvgIpc) is 2.56. The fourth-order valence-electron chi connectivity index (χ4n) is 2.58. The van der Waals surface area contributed by atoms with Gasteiger partial charge in [-0.1, -0.05) is 11.6 Å². The number of hydrogen-bond acceptors (Lipinski definition) is 4. The first-order valence-electron chi connectivity index (χ1n) is 7.59. The van der Waals surface area contributed by atoms with Gasteiger partial charge in [-0.25, -0.2) is 8.42 Å². The molecule has 1 heterocycles. The first kappa shape index (κ1) is 16.8. The number of carbonyl (C=O) groups excluding carboxylic acids is 1. The van der Waals surface area contributed by atoms with Gasteiger partial charge < -0.3 is 4.90 Å². The number of sulfonamides is 1. The van der Waals surface area contributed by atoms with Crippen LogP contribution in [-0.2, 0) is 14.8 Å². The molecule has 3 rings (SSSR count). The molecule has 1 saturated heterocycles. The number of Topliss-reactive ketones (excluding diaryl/α,β-unsaturated/α-hetero) is 1. The van der Waals surface area contributed by atoms with E-state index in [1.54, 1.807) is 12.1 Å². The van der Waals surface area contributed by atoms with Crippen molar-refractivity contribution in [2.24, 2.45) is 0 Å². The highest BCUT2D eigenvalue weighted by atomic mass is 35.5. The van der Waals surface area contributed by atoms with E-state index in [1.807, 2.05) is 12.1 Å². The zero-order valence-electron chi connectivity index (χ0n) is 12.9. The van der Waals surface area contributed by atoms with Crippen LogP contribution in [0.2, 0.25) is 5.02 Å². The summed E-state index contributed by atoms with van der Waals surface area (Å²) >= 11 is 5.78. The summed E-state index contributed by atoms with van der Waals surface area (Å²) in [6.07, 6.45) is 1.12. The molecule has 1 aliphatic rings. The molecule has 1 fully saturated rings. The van der Waals surface area contributed by atoms with Crippen LogP contribution in [0.15, 0.2) is 53.4 Å². The summed E-state index contributed by atoms with van der Waals surface area (Å²) in [5.41, 5.74) is 1.47. The maximum Gasteiger partial charge on any atom is 0.261 e. The van der Waals surface area contributed by atoms with Crippen molar-refractivity contribution in [3.8, 4) is 0 Å². The quantitative estimate of drug-likeness (QED) is 0.903. The molecule has 0 saturated carbocycles. The van der Waals surface area contributed by atoms with Gasteiger partial charge in [0.2, 0.25) is 0 Å². The van der Waals surface area contributed by atoms with Crippen LogP contribution in [0.4, 0.5) is 11.4 Å². The number of anilines is 2. The van der Waals surface area contributed by atoms with Crippen LogP contribution in [-0.4, -0.2) is 27.3 Å². The molecule has 7 heteroatoms. The number of nitrogens with one attached hydrogen (secondary N) is 1. The Balaban J connectivity index is 1.71. The van der Waals surface area contributed by atoms with E-state index in [0.29, 0.717) is 42.4 Å². The highest BCUT2D eigenvalue weighted by Gasteiger charge is 2.17. The van der Waals surface area contributed by atoms with Crippen molar-refractivity contribution in [3.63, 3.8) is 0 Å². The minimum absolute atomic E-state index is 0.158. The first-order chi connectivity index (χ1) is 11.4. The Kier molecular flexibility index (Phi) is 4.78. The van der Waals surface area contributed by atoms with Crippen molar-refractivity contribution >= 4 is 38.8 Å². The standard InChI is InChI=1S/C17H17ClN2O3S/c18-13-1-7-17(8-2-13)24(22,23)19-14-3-5-15(6-4-14)20-11-9-16(21)10-12-20/h1-8,19H,9-12H2. The lowest BCUT2D eigenvalue weighted by Gasteiger charge is -2.28. The van der Waals surface area contributed by atoms with E-state index in [4.69, 9.17) is 11.6 Å². The minimum Gasteiger partial charge on any atom is -0.371 e. The molecule has 0 spiro atoms. The zero-order valence-corrected chi connectivity index (χ0v) is 14.5. The molecule has 1 aliphatic heterocycles. The third kappa shape index (κ3) is 3.88. The fourth-order valence-corrected chi connectivity index (χ4v) is 3.77. The summed E-state index contributed by atoms with van der Waals surface area (Å²) in [7, 11) is -3.64. The van der Waals surface area contributed by atoms with E-state index in [0.717, 1.165) is 5.69 Å². The Labute approximate surface area is 146 Å². The summed E-state index contributed by atoms with van der Waals surface area (Å²) in [5, 5.41) is 0.485. The number of hydrogen-bond donors (Lipinski definition) is 1. The van der Waals surface area contributed by atoms with Crippen LogP contribution in [0.5, 0.6) is 0 Å². The highest BCUT2D eigenvalue weighted by Crippen LogP contribution is 2.23. The SMILES string of the molecule is O=C1CCN(c2ccc(NS(=O)(=O)c3ccc(Cl)cc3)cc2)CC1. The smallest absolute Gasteiger partial charge is 0.261 e.